The third kappa shape index (κ3) is 4.69. The van der Waals surface area contributed by atoms with Gasteiger partial charge in [-0.1, -0.05) is 6.08 Å². The van der Waals surface area contributed by atoms with Gasteiger partial charge in [-0.2, -0.15) is 0 Å². The van der Waals surface area contributed by atoms with Crippen LogP contribution in [0.15, 0.2) is 12.7 Å². The van der Waals surface area contributed by atoms with Crippen LogP contribution in [-0.4, -0.2) is 17.1 Å². The van der Waals surface area contributed by atoms with Crippen LogP contribution < -0.4 is 11.9 Å². The summed E-state index contributed by atoms with van der Waals surface area (Å²) >= 11 is 0. The summed E-state index contributed by atoms with van der Waals surface area (Å²) < 4.78 is 14.6. The quantitative estimate of drug-likeness (QED) is 0.434. The molecule has 6 nitrogen and oxygen atoms in total. The second-order valence-electron chi connectivity index (χ2n) is 1.44. The fourth-order valence-electron chi connectivity index (χ4n) is 0.217. The molecule has 0 aliphatic heterocycles. The average Bonchev–Trinajstić information content (AvgIpc) is 1.84. The van der Waals surface area contributed by atoms with Crippen molar-refractivity contribution in [2.24, 2.45) is 5.73 Å². The highest BCUT2D eigenvalue weighted by Gasteiger charge is 2.26. The number of nitrogens with two attached hydrogens (primary N) is 1. The number of hydrogen-bond donors (Lipinski definition) is 3. The number of primary amides is 1. The Balaban J connectivity index is 0. The number of carbonyl (C=O) groups excluding carboxylic acids is 1. The molecular weight excluding hydrogens is 171 g/mol. The van der Waals surface area contributed by atoms with Crippen LogP contribution in [0.4, 0.5) is 4.79 Å². The normalized spacial score (nSPS) is 14.3. The van der Waals surface area contributed by atoms with Gasteiger partial charge in [0.25, 0.3) is 0 Å². The van der Waals surface area contributed by atoms with E-state index in [0.29, 0.717) is 0 Å². The molecule has 0 aliphatic carbocycles. The Morgan fingerprint density at radius 1 is 1.82 bits per heavy atom. The number of carbonyl (C=O) groups is 1. The van der Waals surface area contributed by atoms with E-state index in [2.05, 4.69) is 16.8 Å². The molecule has 0 aromatic heterocycles. The van der Waals surface area contributed by atoms with Gasteiger partial charge in [0.15, 0.2) is 0 Å². The summed E-state index contributed by atoms with van der Waals surface area (Å²) in [5, 5.41) is 0. The first-order valence-corrected chi connectivity index (χ1v) is 3.96. The van der Waals surface area contributed by atoms with Gasteiger partial charge in [-0.15, -0.1) is 6.58 Å². The maximum Gasteiger partial charge on any atom is 0.415 e. The lowest BCUT2D eigenvalue weighted by Gasteiger charge is -2.04. The molecule has 0 bridgehead atoms. The third-order valence-corrected chi connectivity index (χ3v) is 1.70. The molecule has 11 heavy (non-hydrogen) atoms. The Hall–Kier alpha value is -0.680. The SMILES string of the molecule is C=CCOP(=O)(O)C(N)=O.N. The minimum Gasteiger partial charge on any atom is -0.359 e. The predicted octanol–water partition coefficient (Wildman–Crippen LogP) is 0.615. The monoisotopic (exact) mass is 182 g/mol. The van der Waals surface area contributed by atoms with Crippen LogP contribution in [0.2, 0.25) is 0 Å². The molecule has 1 amide bonds. The first kappa shape index (κ1) is 12.9. The lowest BCUT2D eigenvalue weighted by Crippen LogP contribution is -2.10. The van der Waals surface area contributed by atoms with Crippen molar-refractivity contribution in [3.8, 4) is 0 Å². The summed E-state index contributed by atoms with van der Waals surface area (Å²) in [4.78, 5) is 18.6. The Labute approximate surface area is 64.2 Å². The molecule has 0 saturated carbocycles. The molecule has 66 valence electrons. The van der Waals surface area contributed by atoms with Crippen LogP contribution in [0.3, 0.4) is 0 Å². The Morgan fingerprint density at radius 2 is 2.27 bits per heavy atom. The average molecular weight is 182 g/mol. The molecule has 0 spiro atoms. The molecular formula is C4H11N2O4P. The van der Waals surface area contributed by atoms with Crippen molar-refractivity contribution in [1.29, 1.82) is 0 Å². The summed E-state index contributed by atoms with van der Waals surface area (Å²) in [7, 11) is -4.21. The van der Waals surface area contributed by atoms with Crippen molar-refractivity contribution in [3.63, 3.8) is 0 Å². The predicted molar refractivity (Wildman–Crippen MR) is 40.6 cm³/mol. The van der Waals surface area contributed by atoms with E-state index in [1.165, 1.54) is 6.08 Å². The van der Waals surface area contributed by atoms with Crippen LogP contribution in [0.25, 0.3) is 0 Å². The van der Waals surface area contributed by atoms with Gasteiger partial charge in [-0.3, -0.25) is 9.32 Å². The molecule has 0 saturated heterocycles. The number of amides is 1. The van der Waals surface area contributed by atoms with Gasteiger partial charge in [-0.25, -0.2) is 4.57 Å². The van der Waals surface area contributed by atoms with Crippen LogP contribution in [0.5, 0.6) is 0 Å². The van der Waals surface area contributed by atoms with Crippen LogP contribution >= 0.6 is 7.60 Å². The fourth-order valence-corrected chi connectivity index (χ4v) is 0.652. The molecule has 6 N–H and O–H groups in total. The van der Waals surface area contributed by atoms with E-state index in [1.54, 1.807) is 0 Å². The van der Waals surface area contributed by atoms with Gasteiger partial charge in [0.05, 0.1) is 6.61 Å². The molecule has 0 heterocycles. The van der Waals surface area contributed by atoms with E-state index in [0.717, 1.165) is 0 Å². The Morgan fingerprint density at radius 3 is 2.55 bits per heavy atom. The summed E-state index contributed by atoms with van der Waals surface area (Å²) in [5.74, 6) is 0. The van der Waals surface area contributed by atoms with E-state index in [9.17, 15) is 9.36 Å². The summed E-state index contributed by atoms with van der Waals surface area (Å²) in [6.45, 7) is 3.04. The lowest BCUT2D eigenvalue weighted by molar-refractivity contribution is 0.244. The van der Waals surface area contributed by atoms with E-state index >= 15 is 0 Å². The van der Waals surface area contributed by atoms with Gasteiger partial charge in [0, 0.05) is 0 Å². The standard InChI is InChI=1S/C4H8NO4P.H3N/c1-2-3-9-10(7,8)4(5)6;/h2H,1,3H2,(H2,5,6)(H,7,8);1H3. The van der Waals surface area contributed by atoms with Crippen molar-refractivity contribution in [2.75, 3.05) is 6.61 Å². The minimum absolute atomic E-state index is 0. The van der Waals surface area contributed by atoms with Crippen molar-refractivity contribution >= 4 is 13.2 Å². The van der Waals surface area contributed by atoms with Crippen molar-refractivity contribution < 1.29 is 18.8 Å². The van der Waals surface area contributed by atoms with Gasteiger partial charge in [0.2, 0.25) is 0 Å². The summed E-state index contributed by atoms with van der Waals surface area (Å²) in [6.07, 6.45) is 1.24. The molecule has 7 heteroatoms. The maximum atomic E-state index is 10.5. The highest BCUT2D eigenvalue weighted by molar-refractivity contribution is 7.70. The third-order valence-electron chi connectivity index (χ3n) is 0.646. The van der Waals surface area contributed by atoms with Crippen LogP contribution in [-0.2, 0) is 9.09 Å². The zero-order valence-electron chi connectivity index (χ0n) is 5.90. The summed E-state index contributed by atoms with van der Waals surface area (Å²) in [6, 6.07) is 0. The molecule has 1 atom stereocenters. The largest absolute Gasteiger partial charge is 0.415 e. The molecule has 0 aromatic rings. The first-order chi connectivity index (χ1) is 4.50. The van der Waals surface area contributed by atoms with Gasteiger partial charge in [0.1, 0.15) is 0 Å². The van der Waals surface area contributed by atoms with E-state index < -0.39 is 13.2 Å². The van der Waals surface area contributed by atoms with Crippen molar-refractivity contribution in [3.05, 3.63) is 12.7 Å². The Kier molecular flexibility index (Phi) is 5.93. The van der Waals surface area contributed by atoms with Crippen LogP contribution in [0, 0.1) is 0 Å². The Bertz CT molecular complexity index is 193. The smallest absolute Gasteiger partial charge is 0.359 e. The van der Waals surface area contributed by atoms with Crippen molar-refractivity contribution in [2.45, 2.75) is 0 Å². The molecule has 0 radical (unpaired) electrons. The number of rotatable bonds is 4. The van der Waals surface area contributed by atoms with Crippen LogP contribution in [0.1, 0.15) is 0 Å². The van der Waals surface area contributed by atoms with E-state index in [1.807, 2.05) is 0 Å². The molecule has 0 aliphatic rings. The number of hydrogen-bond acceptors (Lipinski definition) is 4. The topological polar surface area (TPSA) is 125 Å². The highest BCUT2D eigenvalue weighted by Crippen LogP contribution is 2.40. The van der Waals surface area contributed by atoms with E-state index in [4.69, 9.17) is 4.89 Å². The summed E-state index contributed by atoms with van der Waals surface area (Å²) in [5.41, 5.74) is 3.15. The lowest BCUT2D eigenvalue weighted by atomic mass is 10.7. The van der Waals surface area contributed by atoms with Gasteiger partial charge >= 0.3 is 13.2 Å². The van der Waals surface area contributed by atoms with Gasteiger partial charge in [-0.05, 0) is 0 Å². The zero-order valence-corrected chi connectivity index (χ0v) is 6.79. The van der Waals surface area contributed by atoms with Crippen molar-refractivity contribution in [1.82, 2.24) is 6.15 Å². The first-order valence-electron chi connectivity index (χ1n) is 2.39. The maximum absolute atomic E-state index is 10.5. The second-order valence-corrected chi connectivity index (χ2v) is 3.18. The highest BCUT2D eigenvalue weighted by atomic mass is 31.2. The molecule has 0 aromatic carbocycles. The van der Waals surface area contributed by atoms with Gasteiger partial charge < -0.3 is 16.8 Å². The minimum atomic E-state index is -4.21. The van der Waals surface area contributed by atoms with E-state index in [-0.39, 0.29) is 12.8 Å². The molecule has 0 fully saturated rings. The second kappa shape index (κ2) is 5.03. The zero-order chi connectivity index (χ0) is 8.20. The molecule has 1 unspecified atom stereocenters. The fraction of sp³-hybridized carbons (Fsp3) is 0.250. The molecule has 0 rings (SSSR count).